The molecule has 0 spiro atoms. The number of fused-ring (bicyclic) bond motifs is 5. The molecule has 28 heteroatoms. The lowest BCUT2D eigenvalue weighted by Crippen LogP contribution is -2.65. The molecule has 34 atom stereocenters. The molecule has 28 nitrogen and oxygen atoms in total. The first-order chi connectivity index (χ1) is 41.2. The van der Waals surface area contributed by atoms with Crippen LogP contribution in [0.15, 0.2) is 11.6 Å². The smallest absolute Gasteiger partial charge is 0.187 e. The van der Waals surface area contributed by atoms with Crippen LogP contribution < -0.4 is 0 Å². The summed E-state index contributed by atoms with van der Waals surface area (Å²) in [5.74, 6) is 0.828. The van der Waals surface area contributed by atoms with Gasteiger partial charge in [-0.25, -0.2) is 0 Å². The third-order valence-corrected chi connectivity index (χ3v) is 22.8. The van der Waals surface area contributed by atoms with Crippen LogP contribution in [0.25, 0.3) is 0 Å². The van der Waals surface area contributed by atoms with Crippen LogP contribution >= 0.6 is 0 Å². The van der Waals surface area contributed by atoms with E-state index in [4.69, 9.17) is 47.4 Å². The second-order valence-corrected chi connectivity index (χ2v) is 28.6. The molecule has 0 aromatic rings. The molecular weight excluding hydrogens is 1170 g/mol. The zero-order valence-corrected chi connectivity index (χ0v) is 51.5. The number of allylic oxidation sites excluding steroid dienone is 1. The molecule has 18 N–H and O–H groups in total. The number of aliphatic hydroxyl groups excluding tert-OH is 17. The Morgan fingerprint density at radius 2 is 0.966 bits per heavy atom. The van der Waals surface area contributed by atoms with Crippen molar-refractivity contribution in [2.45, 2.75) is 285 Å². The Labute approximate surface area is 512 Å². The van der Waals surface area contributed by atoms with Gasteiger partial charge in [0.1, 0.15) is 122 Å². The van der Waals surface area contributed by atoms with E-state index in [2.05, 4.69) is 47.6 Å². The van der Waals surface area contributed by atoms with Gasteiger partial charge in [0, 0.05) is 5.41 Å². The largest absolute Gasteiger partial charge is 0.394 e. The van der Waals surface area contributed by atoms with Crippen molar-refractivity contribution in [2.24, 2.45) is 45.3 Å². The molecule has 0 radical (unpaired) electrons. The highest BCUT2D eigenvalue weighted by molar-refractivity contribution is 5.30. The Bertz CT molecular complexity index is 2310. The molecule has 9 unspecified atom stereocenters. The molecule has 9 rings (SSSR count). The van der Waals surface area contributed by atoms with Crippen LogP contribution in [-0.2, 0) is 47.4 Å². The molecule has 9 aliphatic rings. The fraction of sp³-hybridized carbons (Fsp3) is 0.967. The molecule has 510 valence electrons. The minimum atomic E-state index is -1.93. The molecule has 0 aromatic heterocycles. The molecule has 4 aliphatic carbocycles. The van der Waals surface area contributed by atoms with Crippen molar-refractivity contribution in [2.75, 3.05) is 33.0 Å². The van der Waals surface area contributed by atoms with Crippen molar-refractivity contribution < 1.29 is 139 Å². The Balaban J connectivity index is 0.872. The molecule has 0 bridgehead atoms. The second kappa shape index (κ2) is 27.4. The molecule has 3 saturated carbocycles. The molecule has 0 amide bonds. The first-order valence-corrected chi connectivity index (χ1v) is 31.5. The van der Waals surface area contributed by atoms with Crippen LogP contribution in [0.1, 0.15) is 113 Å². The highest BCUT2D eigenvalue weighted by Gasteiger charge is 2.68. The van der Waals surface area contributed by atoms with E-state index in [9.17, 15) is 91.9 Å². The minimum Gasteiger partial charge on any atom is -0.394 e. The van der Waals surface area contributed by atoms with E-state index in [0.717, 1.165) is 38.5 Å². The van der Waals surface area contributed by atoms with E-state index in [1.54, 1.807) is 13.8 Å². The lowest BCUT2D eigenvalue weighted by molar-refractivity contribution is -0.380. The SMILES string of the molecule is CC(CCC(O[C@@H]1O[C@H](CO[C@@H]2O[C@H](CO)[C@@H](O)[C@H](O)[C@H]2O)[C@@H](O)[C@H](O)[C@H]1O[C@@H]1O[C@H](CO)[C@@H](O)[C@H](O)[C@H]1O)C(C)(C)O)C1CCC2(C)C3CC=C4C(CC[C@H](OC5O[C@H](CO)[C@@H](O[C@@H]6O[C@H](CO)[C@@H](O)[C@H](O)[C@H]6O)[C@H](O)[C@H]5O)C4(C)C)C3(C)CCC12C. The molecule has 88 heavy (non-hydrogen) atoms. The van der Waals surface area contributed by atoms with Crippen molar-refractivity contribution in [1.82, 2.24) is 0 Å². The Kier molecular flexibility index (Phi) is 22.1. The number of hydrogen-bond donors (Lipinski definition) is 18. The average Bonchev–Trinajstić information content (AvgIpc) is 1.34. The maximum Gasteiger partial charge on any atom is 0.187 e. The van der Waals surface area contributed by atoms with E-state index >= 15 is 0 Å². The van der Waals surface area contributed by atoms with Gasteiger partial charge >= 0.3 is 0 Å². The van der Waals surface area contributed by atoms with Gasteiger partial charge in [-0.1, -0.05) is 53.2 Å². The van der Waals surface area contributed by atoms with Gasteiger partial charge < -0.3 is 139 Å². The van der Waals surface area contributed by atoms with Crippen LogP contribution in [0.4, 0.5) is 0 Å². The fourth-order valence-corrected chi connectivity index (χ4v) is 17.1. The average molecular weight is 1270 g/mol. The topological polar surface area (TPSA) is 456 Å². The summed E-state index contributed by atoms with van der Waals surface area (Å²) >= 11 is 0. The number of rotatable bonds is 20. The normalized spacial score (nSPS) is 51.4. The zero-order chi connectivity index (χ0) is 64.7. The van der Waals surface area contributed by atoms with E-state index < -0.39 is 210 Å². The highest BCUT2D eigenvalue weighted by Crippen LogP contribution is 2.75. The number of ether oxygens (including phenoxy) is 10. The third-order valence-electron chi connectivity index (χ3n) is 22.8. The molecule has 5 aliphatic heterocycles. The minimum absolute atomic E-state index is 0.0854. The van der Waals surface area contributed by atoms with Crippen molar-refractivity contribution in [3.8, 4) is 0 Å². The summed E-state index contributed by atoms with van der Waals surface area (Å²) in [6.07, 6.45) is -33.8. The monoisotopic (exact) mass is 1270 g/mol. The lowest BCUT2D eigenvalue weighted by atomic mass is 9.39. The summed E-state index contributed by atoms with van der Waals surface area (Å²) in [6.45, 7) is 13.2. The molecule has 5 saturated heterocycles. The Morgan fingerprint density at radius 3 is 1.51 bits per heavy atom. The molecule has 5 heterocycles. The van der Waals surface area contributed by atoms with E-state index in [1.807, 2.05) is 0 Å². The van der Waals surface area contributed by atoms with Gasteiger partial charge in [0.15, 0.2) is 31.5 Å². The number of hydrogen-bond acceptors (Lipinski definition) is 28. The van der Waals surface area contributed by atoms with Crippen LogP contribution in [0, 0.1) is 45.3 Å². The van der Waals surface area contributed by atoms with Gasteiger partial charge in [-0.05, 0) is 112 Å². The summed E-state index contributed by atoms with van der Waals surface area (Å²) in [6, 6.07) is 0. The van der Waals surface area contributed by atoms with Crippen molar-refractivity contribution >= 4 is 0 Å². The standard InChI is InChI=1S/C60H102O28/c1-24(9-13-35(57(4,5)78)86-55-50(88-54-47(76)42(71)38(67)30(21-63)82-54)43(72)39(68)32(84-55)23-79-51-45(74)40(69)36(65)28(19-61)80-51)25-15-16-60(8)33-12-10-26-27(58(33,6)17-18-59(25,60)7)11-14-34(56(26,2)3)85-52-48(77)44(73)49(31(22-64)83-52)87-53-46(75)41(70)37(66)29(20-62)81-53/h10,24-25,27-55,61-78H,9,11-23H2,1-8H3/t24?,25?,27?,28-,29-,30-,31-,32-,33?,34+,35?,36-,37-,38-,39-,40+,41+,42+,43+,44-,45-,46-,47-,48-,49-,50-,51-,52?,53+,54+,55+,58?,59?,60?/m1/s1. The van der Waals surface area contributed by atoms with Crippen molar-refractivity contribution in [3.05, 3.63) is 11.6 Å². The zero-order valence-electron chi connectivity index (χ0n) is 51.5. The van der Waals surface area contributed by atoms with Gasteiger partial charge in [-0.2, -0.15) is 0 Å². The first kappa shape index (κ1) is 70.9. The van der Waals surface area contributed by atoms with Gasteiger partial charge in [-0.3, -0.25) is 0 Å². The number of aliphatic hydroxyl groups is 18. The molecule has 0 aromatic carbocycles. The van der Waals surface area contributed by atoms with E-state index in [0.29, 0.717) is 18.8 Å². The molecule has 8 fully saturated rings. The predicted molar refractivity (Wildman–Crippen MR) is 299 cm³/mol. The van der Waals surface area contributed by atoms with Crippen molar-refractivity contribution in [1.29, 1.82) is 0 Å². The predicted octanol–water partition coefficient (Wildman–Crippen LogP) is -4.38. The maximum absolute atomic E-state index is 11.8. The van der Waals surface area contributed by atoms with Crippen molar-refractivity contribution in [3.63, 3.8) is 0 Å². The van der Waals surface area contributed by atoms with Crippen LogP contribution in [0.5, 0.6) is 0 Å². The van der Waals surface area contributed by atoms with E-state index in [-0.39, 0.29) is 40.4 Å². The van der Waals surface area contributed by atoms with Crippen LogP contribution in [0.2, 0.25) is 0 Å². The highest BCUT2D eigenvalue weighted by atomic mass is 16.8. The third kappa shape index (κ3) is 12.8. The Hall–Kier alpha value is -1.38. The quantitative estimate of drug-likeness (QED) is 0.0512. The van der Waals surface area contributed by atoms with Gasteiger partial charge in [0.2, 0.25) is 0 Å². The second-order valence-electron chi connectivity index (χ2n) is 28.6. The fourth-order valence-electron chi connectivity index (χ4n) is 17.1. The van der Waals surface area contributed by atoms with Gasteiger partial charge in [0.25, 0.3) is 0 Å². The Morgan fingerprint density at radius 1 is 0.500 bits per heavy atom. The summed E-state index contributed by atoms with van der Waals surface area (Å²) in [7, 11) is 0. The lowest BCUT2D eigenvalue weighted by Gasteiger charge is -2.66. The van der Waals surface area contributed by atoms with Gasteiger partial charge in [0.05, 0.1) is 50.8 Å². The van der Waals surface area contributed by atoms with Crippen LogP contribution in [0.3, 0.4) is 0 Å². The first-order valence-electron chi connectivity index (χ1n) is 31.5. The summed E-state index contributed by atoms with van der Waals surface area (Å²) < 4.78 is 59.7. The summed E-state index contributed by atoms with van der Waals surface area (Å²) in [5.41, 5.74) is -1.21. The maximum atomic E-state index is 11.8. The van der Waals surface area contributed by atoms with Gasteiger partial charge in [-0.15, -0.1) is 0 Å². The molecular formula is C60H102O28. The van der Waals surface area contributed by atoms with E-state index in [1.165, 1.54) is 5.57 Å². The van der Waals surface area contributed by atoms with Crippen LogP contribution in [-0.4, -0.2) is 296 Å². The summed E-state index contributed by atoms with van der Waals surface area (Å²) in [4.78, 5) is 0. The summed E-state index contributed by atoms with van der Waals surface area (Å²) in [5, 5.41) is 193.